The summed E-state index contributed by atoms with van der Waals surface area (Å²) in [5.41, 5.74) is 3.15. The molecular formula is C18H27N5. The maximum absolute atomic E-state index is 4.52. The molecule has 5 heteroatoms. The molecule has 5 nitrogen and oxygen atoms in total. The normalized spacial score (nSPS) is 10.7. The van der Waals surface area contributed by atoms with Gasteiger partial charge < -0.3 is 15.5 Å². The lowest BCUT2D eigenvalue weighted by Crippen LogP contribution is -2.21. The van der Waals surface area contributed by atoms with Gasteiger partial charge in [0.25, 0.3) is 0 Å². The molecule has 0 fully saturated rings. The second kappa shape index (κ2) is 7.81. The smallest absolute Gasteiger partial charge is 0.229 e. The summed E-state index contributed by atoms with van der Waals surface area (Å²) in [5.74, 6) is 1.46. The predicted octanol–water partition coefficient (Wildman–Crippen LogP) is 4.20. The maximum Gasteiger partial charge on any atom is 0.229 e. The fraction of sp³-hybridized carbons (Fsp3) is 0.444. The van der Waals surface area contributed by atoms with Crippen molar-refractivity contribution in [1.82, 2.24) is 9.97 Å². The van der Waals surface area contributed by atoms with Crippen molar-refractivity contribution in [3.8, 4) is 0 Å². The van der Waals surface area contributed by atoms with Crippen LogP contribution in [0.3, 0.4) is 0 Å². The Balaban J connectivity index is 2.14. The standard InChI is InChI=1S/C18H27N5/c1-6-23(7-2)16-10-8-15(9-11-16)21-18-20-14(5)12-17(22-18)19-13(3)4/h8-13H,6-7H2,1-5H3,(H2,19,20,21,22). The first kappa shape index (κ1) is 17.1. The number of hydrogen-bond donors (Lipinski definition) is 2. The third-order valence-corrected chi connectivity index (χ3v) is 3.54. The minimum absolute atomic E-state index is 0.338. The number of hydrogen-bond acceptors (Lipinski definition) is 5. The monoisotopic (exact) mass is 313 g/mol. The average Bonchev–Trinajstić information content (AvgIpc) is 2.49. The van der Waals surface area contributed by atoms with Gasteiger partial charge in [-0.3, -0.25) is 0 Å². The molecule has 2 rings (SSSR count). The molecule has 0 aliphatic carbocycles. The lowest BCUT2D eigenvalue weighted by atomic mass is 10.2. The van der Waals surface area contributed by atoms with E-state index in [1.54, 1.807) is 0 Å². The lowest BCUT2D eigenvalue weighted by Gasteiger charge is -2.21. The van der Waals surface area contributed by atoms with E-state index < -0.39 is 0 Å². The van der Waals surface area contributed by atoms with E-state index in [1.165, 1.54) is 5.69 Å². The third kappa shape index (κ3) is 4.84. The Morgan fingerprint density at radius 3 is 2.26 bits per heavy atom. The van der Waals surface area contributed by atoms with Gasteiger partial charge in [0.05, 0.1) is 0 Å². The van der Waals surface area contributed by atoms with Crippen molar-refractivity contribution in [2.24, 2.45) is 0 Å². The van der Waals surface area contributed by atoms with Crippen molar-refractivity contribution in [3.63, 3.8) is 0 Å². The Kier molecular flexibility index (Phi) is 5.79. The van der Waals surface area contributed by atoms with Gasteiger partial charge in [0.2, 0.25) is 5.95 Å². The first-order valence-electron chi connectivity index (χ1n) is 8.26. The van der Waals surface area contributed by atoms with E-state index in [0.717, 1.165) is 30.3 Å². The molecule has 1 aromatic carbocycles. The number of aryl methyl sites for hydroxylation is 1. The van der Waals surface area contributed by atoms with Crippen molar-refractivity contribution >= 4 is 23.1 Å². The van der Waals surface area contributed by atoms with Crippen LogP contribution in [0.1, 0.15) is 33.4 Å². The molecule has 1 heterocycles. The van der Waals surface area contributed by atoms with E-state index in [2.05, 4.69) is 77.5 Å². The highest BCUT2D eigenvalue weighted by molar-refractivity contribution is 5.60. The molecule has 0 saturated carbocycles. The zero-order valence-electron chi connectivity index (χ0n) is 14.7. The maximum atomic E-state index is 4.52. The summed E-state index contributed by atoms with van der Waals surface area (Å²) < 4.78 is 0. The fourth-order valence-corrected chi connectivity index (χ4v) is 2.47. The van der Waals surface area contributed by atoms with Gasteiger partial charge in [-0.2, -0.15) is 4.98 Å². The second-order valence-electron chi connectivity index (χ2n) is 5.86. The van der Waals surface area contributed by atoms with Crippen LogP contribution < -0.4 is 15.5 Å². The predicted molar refractivity (Wildman–Crippen MR) is 98.8 cm³/mol. The van der Waals surface area contributed by atoms with Crippen LogP contribution in [0, 0.1) is 6.92 Å². The molecule has 0 aliphatic rings. The molecular weight excluding hydrogens is 286 g/mol. The summed E-state index contributed by atoms with van der Waals surface area (Å²) in [6, 6.07) is 10.7. The minimum Gasteiger partial charge on any atom is -0.372 e. The first-order chi connectivity index (χ1) is 11.0. The Morgan fingerprint density at radius 1 is 1.04 bits per heavy atom. The lowest BCUT2D eigenvalue weighted by molar-refractivity contribution is 0.866. The highest BCUT2D eigenvalue weighted by atomic mass is 15.2. The van der Waals surface area contributed by atoms with Crippen LogP contribution in [0.25, 0.3) is 0 Å². The molecule has 0 amide bonds. The minimum atomic E-state index is 0.338. The molecule has 23 heavy (non-hydrogen) atoms. The van der Waals surface area contributed by atoms with Gasteiger partial charge in [-0.1, -0.05) is 0 Å². The largest absolute Gasteiger partial charge is 0.372 e. The van der Waals surface area contributed by atoms with E-state index in [0.29, 0.717) is 12.0 Å². The van der Waals surface area contributed by atoms with Gasteiger partial charge in [-0.15, -0.1) is 0 Å². The van der Waals surface area contributed by atoms with Gasteiger partial charge in [0.1, 0.15) is 5.82 Å². The fourth-order valence-electron chi connectivity index (χ4n) is 2.47. The molecule has 0 bridgehead atoms. The zero-order valence-corrected chi connectivity index (χ0v) is 14.7. The van der Waals surface area contributed by atoms with Gasteiger partial charge >= 0.3 is 0 Å². The van der Waals surface area contributed by atoms with Crippen LogP contribution in [0.2, 0.25) is 0 Å². The summed E-state index contributed by atoms with van der Waals surface area (Å²) >= 11 is 0. The van der Waals surface area contributed by atoms with Crippen LogP contribution >= 0.6 is 0 Å². The number of anilines is 4. The van der Waals surface area contributed by atoms with Crippen molar-refractivity contribution < 1.29 is 0 Å². The summed E-state index contributed by atoms with van der Waals surface area (Å²) in [6.45, 7) is 12.5. The topological polar surface area (TPSA) is 53.1 Å². The van der Waals surface area contributed by atoms with Gasteiger partial charge in [-0.25, -0.2) is 4.98 Å². The number of benzene rings is 1. The van der Waals surface area contributed by atoms with Crippen molar-refractivity contribution in [2.75, 3.05) is 28.6 Å². The zero-order chi connectivity index (χ0) is 16.8. The van der Waals surface area contributed by atoms with Crippen LogP contribution in [0.15, 0.2) is 30.3 Å². The molecule has 124 valence electrons. The quantitative estimate of drug-likeness (QED) is 0.802. The molecule has 0 radical (unpaired) electrons. The number of nitrogens with zero attached hydrogens (tertiary/aromatic N) is 3. The first-order valence-corrected chi connectivity index (χ1v) is 8.26. The molecule has 1 aromatic heterocycles. The van der Waals surface area contributed by atoms with Crippen LogP contribution in [0.5, 0.6) is 0 Å². The van der Waals surface area contributed by atoms with Crippen molar-refractivity contribution in [2.45, 2.75) is 40.7 Å². The van der Waals surface area contributed by atoms with Gasteiger partial charge in [-0.05, 0) is 58.9 Å². The molecule has 0 saturated heterocycles. The third-order valence-electron chi connectivity index (χ3n) is 3.54. The summed E-state index contributed by atoms with van der Waals surface area (Å²) in [6.07, 6.45) is 0. The molecule has 2 aromatic rings. The summed E-state index contributed by atoms with van der Waals surface area (Å²) in [5, 5.41) is 6.59. The van der Waals surface area contributed by atoms with Crippen molar-refractivity contribution in [3.05, 3.63) is 36.0 Å². The molecule has 0 aliphatic heterocycles. The van der Waals surface area contributed by atoms with E-state index in [-0.39, 0.29) is 0 Å². The SMILES string of the molecule is CCN(CC)c1ccc(Nc2nc(C)cc(NC(C)C)n2)cc1. The van der Waals surface area contributed by atoms with Gasteiger partial charge in [0, 0.05) is 42.3 Å². The molecule has 2 N–H and O–H groups in total. The van der Waals surface area contributed by atoms with E-state index in [1.807, 2.05) is 13.0 Å². The molecule has 0 atom stereocenters. The van der Waals surface area contributed by atoms with Gasteiger partial charge in [0.15, 0.2) is 0 Å². The van der Waals surface area contributed by atoms with Crippen molar-refractivity contribution in [1.29, 1.82) is 0 Å². The number of rotatable bonds is 7. The highest BCUT2D eigenvalue weighted by Crippen LogP contribution is 2.20. The Hall–Kier alpha value is -2.30. The van der Waals surface area contributed by atoms with E-state index in [4.69, 9.17) is 0 Å². The Bertz CT molecular complexity index is 618. The van der Waals surface area contributed by atoms with Crippen LogP contribution in [0.4, 0.5) is 23.1 Å². The summed E-state index contributed by atoms with van der Waals surface area (Å²) in [4.78, 5) is 11.3. The number of nitrogens with one attached hydrogen (secondary N) is 2. The number of aromatic nitrogens is 2. The van der Waals surface area contributed by atoms with Crippen LogP contribution in [-0.4, -0.2) is 29.1 Å². The highest BCUT2D eigenvalue weighted by Gasteiger charge is 2.05. The summed E-state index contributed by atoms with van der Waals surface area (Å²) in [7, 11) is 0. The second-order valence-corrected chi connectivity index (χ2v) is 5.86. The van der Waals surface area contributed by atoms with E-state index in [9.17, 15) is 0 Å². The van der Waals surface area contributed by atoms with Crippen LogP contribution in [-0.2, 0) is 0 Å². The Labute approximate surface area is 139 Å². The average molecular weight is 313 g/mol. The molecule has 0 spiro atoms. The molecule has 0 unspecified atom stereocenters. The van der Waals surface area contributed by atoms with E-state index >= 15 is 0 Å². The Morgan fingerprint density at radius 2 is 1.70 bits per heavy atom.